The molecule has 1 aliphatic heterocycles. The minimum absolute atomic E-state index is 0.0712. The number of benzene rings is 2. The smallest absolute Gasteiger partial charge is 0.395 e. The second kappa shape index (κ2) is 9.90. The van der Waals surface area contributed by atoms with Crippen LogP contribution in [0.2, 0.25) is 0 Å². The molecule has 0 spiro atoms. The maximum absolute atomic E-state index is 12.3. The predicted molar refractivity (Wildman–Crippen MR) is 130 cm³/mol. The first-order chi connectivity index (χ1) is 17.5. The quantitative estimate of drug-likeness (QED) is 0.304. The Morgan fingerprint density at radius 3 is 2.42 bits per heavy atom. The van der Waals surface area contributed by atoms with Gasteiger partial charge in [0.25, 0.3) is 5.91 Å². The van der Waals surface area contributed by atoms with Crippen molar-refractivity contribution in [2.75, 3.05) is 23.3 Å². The van der Waals surface area contributed by atoms with E-state index < -0.39 is 22.5 Å². The Morgan fingerprint density at radius 2 is 1.75 bits per heavy atom. The fourth-order valence-electron chi connectivity index (χ4n) is 4.22. The number of rotatable bonds is 7. The summed E-state index contributed by atoms with van der Waals surface area (Å²) in [6.07, 6.45) is 1.59. The van der Waals surface area contributed by atoms with E-state index in [1.54, 1.807) is 12.1 Å². The lowest BCUT2D eigenvalue weighted by Crippen LogP contribution is -2.33. The van der Waals surface area contributed by atoms with E-state index in [1.165, 1.54) is 10.7 Å². The van der Waals surface area contributed by atoms with Gasteiger partial charge in [0.05, 0.1) is 12.6 Å². The second-order valence-corrected chi connectivity index (χ2v) is 8.51. The zero-order chi connectivity index (χ0) is 25.1. The normalized spacial score (nSPS) is 14.1. The summed E-state index contributed by atoms with van der Waals surface area (Å²) in [5.74, 6) is -1.08. The summed E-state index contributed by atoms with van der Waals surface area (Å²) in [7, 11) is 0. The molecule has 0 bridgehead atoms. The Hall–Kier alpha value is -4.67. The fraction of sp³-hybridized carbons (Fsp3) is 0.240. The van der Waals surface area contributed by atoms with Crippen LogP contribution in [0.3, 0.4) is 0 Å². The monoisotopic (exact) mass is 489 g/mol. The Labute approximate surface area is 205 Å². The summed E-state index contributed by atoms with van der Waals surface area (Å²) >= 11 is 0. The van der Waals surface area contributed by atoms with Gasteiger partial charge in [-0.15, -0.1) is 5.10 Å². The average molecular weight is 489 g/mol. The maximum atomic E-state index is 12.3. The SMILES string of the molecule is O=C(Nc1ccc(N2CCC(c3nn(Cc4ccccc4)c(=O)o3)CC2)cc1)c1ccc([N+](=O)[O-])o1. The van der Waals surface area contributed by atoms with Crippen LogP contribution < -0.4 is 16.0 Å². The van der Waals surface area contributed by atoms with Crippen molar-refractivity contribution in [3.63, 3.8) is 0 Å². The molecular formula is C25H23N5O6. The molecule has 1 amide bonds. The van der Waals surface area contributed by atoms with Crippen LogP contribution in [0.15, 0.2) is 80.4 Å². The van der Waals surface area contributed by atoms with Crippen molar-refractivity contribution >= 4 is 23.2 Å². The van der Waals surface area contributed by atoms with Crippen molar-refractivity contribution in [1.29, 1.82) is 0 Å². The number of hydrogen-bond donors (Lipinski definition) is 1. The molecule has 11 nitrogen and oxygen atoms in total. The number of aromatic nitrogens is 2. The van der Waals surface area contributed by atoms with Gasteiger partial charge >= 0.3 is 11.6 Å². The van der Waals surface area contributed by atoms with Gasteiger partial charge in [-0.2, -0.15) is 4.68 Å². The zero-order valence-corrected chi connectivity index (χ0v) is 19.2. The van der Waals surface area contributed by atoms with Crippen molar-refractivity contribution in [3.05, 3.63) is 105 Å². The molecule has 0 unspecified atom stereocenters. The number of amides is 1. The molecule has 0 radical (unpaired) electrons. The van der Waals surface area contributed by atoms with Crippen LogP contribution >= 0.6 is 0 Å². The summed E-state index contributed by atoms with van der Waals surface area (Å²) in [6.45, 7) is 1.91. The minimum atomic E-state index is -0.696. The molecule has 0 saturated carbocycles. The molecule has 4 aromatic rings. The first kappa shape index (κ1) is 23.1. The highest BCUT2D eigenvalue weighted by Crippen LogP contribution is 2.30. The van der Waals surface area contributed by atoms with Crippen LogP contribution in [-0.2, 0) is 6.54 Å². The van der Waals surface area contributed by atoms with E-state index in [1.807, 2.05) is 42.5 Å². The van der Waals surface area contributed by atoms with Crippen LogP contribution in [-0.4, -0.2) is 33.7 Å². The average Bonchev–Trinajstić information content (AvgIpc) is 3.53. The van der Waals surface area contributed by atoms with Gasteiger partial charge in [0.1, 0.15) is 4.92 Å². The number of piperidine rings is 1. The molecule has 1 aliphatic rings. The zero-order valence-electron chi connectivity index (χ0n) is 19.2. The molecule has 184 valence electrons. The van der Waals surface area contributed by atoms with Crippen LogP contribution in [0.1, 0.15) is 40.8 Å². The molecule has 2 aromatic heterocycles. The lowest BCUT2D eigenvalue weighted by Gasteiger charge is -2.32. The fourth-order valence-corrected chi connectivity index (χ4v) is 4.22. The number of nitrogens with one attached hydrogen (secondary N) is 1. The molecule has 1 fully saturated rings. The molecule has 1 N–H and O–H groups in total. The summed E-state index contributed by atoms with van der Waals surface area (Å²) < 4.78 is 11.8. The molecular weight excluding hydrogens is 466 g/mol. The molecule has 1 saturated heterocycles. The highest BCUT2D eigenvalue weighted by Gasteiger charge is 2.26. The van der Waals surface area contributed by atoms with Crippen LogP contribution in [0.4, 0.5) is 17.3 Å². The standard InChI is InChI=1S/C25H23N5O6/c31-23(21-10-11-22(35-21)30(33)34)26-19-6-8-20(9-7-19)28-14-12-18(13-15-28)24-27-29(25(32)36-24)16-17-4-2-1-3-5-17/h1-11,18H,12-16H2,(H,26,31). The molecule has 5 rings (SSSR count). The van der Waals surface area contributed by atoms with E-state index in [-0.39, 0.29) is 11.7 Å². The Morgan fingerprint density at radius 1 is 1.03 bits per heavy atom. The second-order valence-electron chi connectivity index (χ2n) is 8.51. The number of hydrogen-bond acceptors (Lipinski definition) is 8. The van der Waals surface area contributed by atoms with Gasteiger partial charge < -0.3 is 19.1 Å². The highest BCUT2D eigenvalue weighted by molar-refractivity contribution is 6.02. The summed E-state index contributed by atoms with van der Waals surface area (Å²) in [6, 6.07) is 19.4. The Kier molecular flexibility index (Phi) is 6.35. The highest BCUT2D eigenvalue weighted by atomic mass is 16.6. The maximum Gasteiger partial charge on any atom is 0.437 e. The largest absolute Gasteiger partial charge is 0.437 e. The van der Waals surface area contributed by atoms with Crippen molar-refractivity contribution in [1.82, 2.24) is 9.78 Å². The summed E-state index contributed by atoms with van der Waals surface area (Å²) in [5, 5.41) is 17.8. The van der Waals surface area contributed by atoms with Gasteiger partial charge in [-0.1, -0.05) is 30.3 Å². The van der Waals surface area contributed by atoms with E-state index >= 15 is 0 Å². The van der Waals surface area contributed by atoms with Gasteiger partial charge in [0.2, 0.25) is 5.89 Å². The number of carbonyl (C=O) groups is 1. The molecule has 0 atom stereocenters. The first-order valence-electron chi connectivity index (χ1n) is 11.5. The van der Waals surface area contributed by atoms with Crippen LogP contribution in [0.25, 0.3) is 0 Å². The van der Waals surface area contributed by atoms with Crippen LogP contribution in [0.5, 0.6) is 0 Å². The van der Waals surface area contributed by atoms with Crippen LogP contribution in [0, 0.1) is 10.1 Å². The first-order valence-corrected chi connectivity index (χ1v) is 11.5. The molecule has 3 heterocycles. The Bertz CT molecular complexity index is 1420. The topological polar surface area (TPSA) is 137 Å². The summed E-state index contributed by atoms with van der Waals surface area (Å²) in [5.41, 5.74) is 2.53. The number of nitrogens with zero attached hydrogens (tertiary/aromatic N) is 4. The third kappa shape index (κ3) is 5.04. The van der Waals surface area contributed by atoms with Gasteiger partial charge in [-0.25, -0.2) is 4.79 Å². The third-order valence-corrected chi connectivity index (χ3v) is 6.13. The molecule has 36 heavy (non-hydrogen) atoms. The van der Waals surface area contributed by atoms with E-state index in [0.717, 1.165) is 43.2 Å². The van der Waals surface area contributed by atoms with Gasteiger partial charge in [0, 0.05) is 30.4 Å². The van der Waals surface area contributed by atoms with Gasteiger partial charge in [-0.3, -0.25) is 14.9 Å². The number of anilines is 2. The third-order valence-electron chi connectivity index (χ3n) is 6.13. The van der Waals surface area contributed by atoms with E-state index in [4.69, 9.17) is 8.83 Å². The Balaban J connectivity index is 1.16. The lowest BCUT2D eigenvalue weighted by atomic mass is 9.96. The molecule has 11 heteroatoms. The van der Waals surface area contributed by atoms with Gasteiger partial charge in [-0.05, 0) is 48.7 Å². The van der Waals surface area contributed by atoms with Crippen molar-refractivity contribution in [2.24, 2.45) is 0 Å². The predicted octanol–water partition coefficient (Wildman–Crippen LogP) is 4.02. The van der Waals surface area contributed by atoms with E-state index in [0.29, 0.717) is 18.1 Å². The minimum Gasteiger partial charge on any atom is -0.395 e. The van der Waals surface area contributed by atoms with Gasteiger partial charge in [0.15, 0.2) is 5.76 Å². The van der Waals surface area contributed by atoms with Crippen molar-refractivity contribution < 1.29 is 18.6 Å². The number of furan rings is 1. The van der Waals surface area contributed by atoms with Crippen molar-refractivity contribution in [3.8, 4) is 0 Å². The summed E-state index contributed by atoms with van der Waals surface area (Å²) in [4.78, 5) is 36.8. The van der Waals surface area contributed by atoms with E-state index in [2.05, 4.69) is 15.3 Å². The van der Waals surface area contributed by atoms with E-state index in [9.17, 15) is 19.7 Å². The molecule has 2 aromatic carbocycles. The number of carbonyl (C=O) groups excluding carboxylic acids is 1. The van der Waals surface area contributed by atoms with Crippen molar-refractivity contribution in [2.45, 2.75) is 25.3 Å². The molecule has 0 aliphatic carbocycles. The number of nitro groups is 1. The lowest BCUT2D eigenvalue weighted by molar-refractivity contribution is -0.402.